The van der Waals surface area contributed by atoms with Gasteiger partial charge in [-0.25, -0.2) is 4.98 Å². The number of amidine groups is 1. The molecule has 1 aromatic rings. The topological polar surface area (TPSA) is 91.8 Å². The number of hydrogen-bond acceptors (Lipinski definition) is 5. The maximum absolute atomic E-state index is 11.9. The average molecular weight is 242 g/mol. The SMILES string of the molecule is CCN(CC(N)=NO)C(=O)c1cnc(C)s1. The van der Waals surface area contributed by atoms with Gasteiger partial charge in [0.05, 0.1) is 17.7 Å². The molecule has 1 amide bonds. The van der Waals surface area contributed by atoms with E-state index < -0.39 is 0 Å². The quantitative estimate of drug-likeness (QED) is 0.351. The average Bonchev–Trinajstić information content (AvgIpc) is 2.71. The highest BCUT2D eigenvalue weighted by atomic mass is 32.1. The summed E-state index contributed by atoms with van der Waals surface area (Å²) in [6.45, 7) is 4.27. The number of oxime groups is 1. The number of thiazole rings is 1. The van der Waals surface area contributed by atoms with Crippen LogP contribution in [0.2, 0.25) is 0 Å². The van der Waals surface area contributed by atoms with Crippen LogP contribution in [0.25, 0.3) is 0 Å². The lowest BCUT2D eigenvalue weighted by Gasteiger charge is -2.18. The second-order valence-corrected chi connectivity index (χ2v) is 4.39. The molecule has 6 nitrogen and oxygen atoms in total. The molecular weight excluding hydrogens is 228 g/mol. The van der Waals surface area contributed by atoms with Crippen molar-refractivity contribution in [1.82, 2.24) is 9.88 Å². The van der Waals surface area contributed by atoms with Gasteiger partial charge in [0.2, 0.25) is 0 Å². The first-order chi connectivity index (χ1) is 7.58. The molecule has 0 atom stereocenters. The lowest BCUT2D eigenvalue weighted by Crippen LogP contribution is -2.38. The van der Waals surface area contributed by atoms with Crippen molar-refractivity contribution < 1.29 is 10.0 Å². The van der Waals surface area contributed by atoms with Gasteiger partial charge >= 0.3 is 0 Å². The largest absolute Gasteiger partial charge is 0.409 e. The molecule has 0 unspecified atom stereocenters. The van der Waals surface area contributed by atoms with E-state index in [-0.39, 0.29) is 18.3 Å². The van der Waals surface area contributed by atoms with Crippen LogP contribution in [-0.4, -0.2) is 39.9 Å². The number of amides is 1. The van der Waals surface area contributed by atoms with Crippen molar-refractivity contribution in [2.24, 2.45) is 10.9 Å². The van der Waals surface area contributed by atoms with Gasteiger partial charge in [-0.3, -0.25) is 4.79 Å². The van der Waals surface area contributed by atoms with Crippen molar-refractivity contribution >= 4 is 23.1 Å². The van der Waals surface area contributed by atoms with Crippen LogP contribution < -0.4 is 5.73 Å². The Kier molecular flexibility index (Phi) is 4.24. The van der Waals surface area contributed by atoms with Gasteiger partial charge in [-0.1, -0.05) is 5.16 Å². The Hall–Kier alpha value is -1.63. The minimum Gasteiger partial charge on any atom is -0.409 e. The summed E-state index contributed by atoms with van der Waals surface area (Å²) in [6, 6.07) is 0. The summed E-state index contributed by atoms with van der Waals surface area (Å²) in [5.41, 5.74) is 5.36. The number of aromatic nitrogens is 1. The van der Waals surface area contributed by atoms with Crippen molar-refractivity contribution in [3.05, 3.63) is 16.1 Å². The Morgan fingerprint density at radius 3 is 2.88 bits per heavy atom. The highest BCUT2D eigenvalue weighted by molar-refractivity contribution is 7.13. The molecule has 0 aliphatic carbocycles. The van der Waals surface area contributed by atoms with Crippen LogP contribution >= 0.6 is 11.3 Å². The van der Waals surface area contributed by atoms with Gasteiger partial charge in [0.15, 0.2) is 5.84 Å². The second-order valence-electron chi connectivity index (χ2n) is 3.15. The molecule has 0 saturated heterocycles. The van der Waals surface area contributed by atoms with Gasteiger partial charge in [-0.15, -0.1) is 11.3 Å². The zero-order valence-corrected chi connectivity index (χ0v) is 9.99. The molecule has 0 aromatic carbocycles. The van der Waals surface area contributed by atoms with Crippen LogP contribution in [0.3, 0.4) is 0 Å². The smallest absolute Gasteiger partial charge is 0.265 e. The molecule has 7 heteroatoms. The summed E-state index contributed by atoms with van der Waals surface area (Å²) < 4.78 is 0. The Morgan fingerprint density at radius 2 is 2.44 bits per heavy atom. The van der Waals surface area contributed by atoms with Crippen LogP contribution in [0.15, 0.2) is 11.4 Å². The molecule has 0 radical (unpaired) electrons. The van der Waals surface area contributed by atoms with Crippen LogP contribution in [0, 0.1) is 6.92 Å². The number of nitrogens with zero attached hydrogens (tertiary/aromatic N) is 3. The van der Waals surface area contributed by atoms with E-state index in [1.165, 1.54) is 22.4 Å². The number of likely N-dealkylation sites (N-methyl/N-ethyl adjacent to an activating group) is 1. The molecule has 1 heterocycles. The van der Waals surface area contributed by atoms with E-state index in [1.54, 1.807) is 0 Å². The zero-order valence-electron chi connectivity index (χ0n) is 9.17. The van der Waals surface area contributed by atoms with Crippen molar-refractivity contribution in [2.45, 2.75) is 13.8 Å². The molecule has 0 fully saturated rings. The molecular formula is C9H14N4O2S. The molecule has 0 spiro atoms. The van der Waals surface area contributed by atoms with E-state index in [4.69, 9.17) is 10.9 Å². The van der Waals surface area contributed by atoms with Gasteiger partial charge < -0.3 is 15.8 Å². The third-order valence-electron chi connectivity index (χ3n) is 1.98. The fourth-order valence-corrected chi connectivity index (χ4v) is 1.92. The van der Waals surface area contributed by atoms with E-state index in [0.717, 1.165) is 5.01 Å². The number of hydrogen-bond donors (Lipinski definition) is 2. The lowest BCUT2D eigenvalue weighted by molar-refractivity contribution is 0.0790. The van der Waals surface area contributed by atoms with E-state index in [1.807, 2.05) is 13.8 Å². The Bertz CT molecular complexity index is 402. The number of carbonyl (C=O) groups excluding carboxylic acids is 1. The van der Waals surface area contributed by atoms with Crippen LogP contribution in [0.5, 0.6) is 0 Å². The Balaban J connectivity index is 2.77. The summed E-state index contributed by atoms with van der Waals surface area (Å²) >= 11 is 1.33. The first-order valence-corrected chi connectivity index (χ1v) is 5.58. The van der Waals surface area contributed by atoms with E-state index >= 15 is 0 Å². The van der Waals surface area contributed by atoms with Gasteiger partial charge in [0, 0.05) is 6.54 Å². The van der Waals surface area contributed by atoms with Crippen LogP contribution in [0.1, 0.15) is 21.6 Å². The molecule has 0 saturated carbocycles. The number of aryl methyl sites for hydroxylation is 1. The molecule has 16 heavy (non-hydrogen) atoms. The summed E-state index contributed by atoms with van der Waals surface area (Å²) in [5, 5.41) is 12.1. The fourth-order valence-electron chi connectivity index (χ4n) is 1.17. The van der Waals surface area contributed by atoms with Crippen molar-refractivity contribution in [2.75, 3.05) is 13.1 Å². The first kappa shape index (κ1) is 12.4. The highest BCUT2D eigenvalue weighted by Gasteiger charge is 2.17. The summed E-state index contributed by atoms with van der Waals surface area (Å²) in [5.74, 6) is -0.142. The molecule has 1 aromatic heterocycles. The maximum atomic E-state index is 11.9. The second kappa shape index (κ2) is 5.45. The van der Waals surface area contributed by atoms with Gasteiger partial charge in [-0.2, -0.15) is 0 Å². The van der Waals surface area contributed by atoms with Crippen molar-refractivity contribution in [3.63, 3.8) is 0 Å². The third-order valence-corrected chi connectivity index (χ3v) is 2.88. The summed E-state index contributed by atoms with van der Waals surface area (Å²) in [7, 11) is 0. The van der Waals surface area contributed by atoms with Gasteiger partial charge in [0.25, 0.3) is 5.91 Å². The first-order valence-electron chi connectivity index (χ1n) is 4.76. The summed E-state index contributed by atoms with van der Waals surface area (Å²) in [4.78, 5) is 18.0. The van der Waals surface area contributed by atoms with E-state index in [9.17, 15) is 4.79 Å². The summed E-state index contributed by atoms with van der Waals surface area (Å²) in [6.07, 6.45) is 1.54. The number of rotatable bonds is 4. The van der Waals surface area contributed by atoms with Crippen molar-refractivity contribution in [1.29, 1.82) is 0 Å². The van der Waals surface area contributed by atoms with Gasteiger partial charge in [-0.05, 0) is 13.8 Å². The van der Waals surface area contributed by atoms with Gasteiger partial charge in [0.1, 0.15) is 4.88 Å². The van der Waals surface area contributed by atoms with Crippen LogP contribution in [0.4, 0.5) is 0 Å². The molecule has 0 aliphatic heterocycles. The molecule has 0 bridgehead atoms. The zero-order chi connectivity index (χ0) is 12.1. The van der Waals surface area contributed by atoms with E-state index in [0.29, 0.717) is 11.4 Å². The standard InChI is InChI=1S/C9H14N4O2S/c1-3-13(5-8(10)12-15)9(14)7-4-11-6(2)16-7/h4,15H,3,5H2,1-2H3,(H2,10,12). The minimum atomic E-state index is -0.153. The molecule has 0 aliphatic rings. The van der Waals surface area contributed by atoms with Crippen LogP contribution in [-0.2, 0) is 0 Å². The minimum absolute atomic E-state index is 0.0106. The lowest BCUT2D eigenvalue weighted by atomic mass is 10.4. The predicted molar refractivity (Wildman–Crippen MR) is 61.8 cm³/mol. The molecule has 88 valence electrons. The predicted octanol–water partition coefficient (Wildman–Crippen LogP) is 0.660. The third kappa shape index (κ3) is 2.93. The molecule has 3 N–H and O–H groups in total. The fraction of sp³-hybridized carbons (Fsp3) is 0.444. The Labute approximate surface area is 97.4 Å². The highest BCUT2D eigenvalue weighted by Crippen LogP contribution is 2.13. The maximum Gasteiger partial charge on any atom is 0.265 e. The normalized spacial score (nSPS) is 11.5. The number of nitrogens with two attached hydrogens (primary N) is 1. The van der Waals surface area contributed by atoms with E-state index in [2.05, 4.69) is 10.1 Å². The van der Waals surface area contributed by atoms with Crippen molar-refractivity contribution in [3.8, 4) is 0 Å². The monoisotopic (exact) mass is 242 g/mol. The number of carbonyl (C=O) groups is 1. The Morgan fingerprint density at radius 1 is 1.75 bits per heavy atom. The molecule has 1 rings (SSSR count).